The summed E-state index contributed by atoms with van der Waals surface area (Å²) in [6, 6.07) is 8.71. The molecule has 0 radical (unpaired) electrons. The van der Waals surface area contributed by atoms with Crippen molar-refractivity contribution in [1.29, 1.82) is 5.26 Å². The smallest absolute Gasteiger partial charge is 0.243 e. The third kappa shape index (κ3) is 4.31. The van der Waals surface area contributed by atoms with Crippen LogP contribution in [-0.2, 0) is 4.79 Å². The summed E-state index contributed by atoms with van der Waals surface area (Å²) in [6.07, 6.45) is 2.62. The minimum atomic E-state index is -0.519. The van der Waals surface area contributed by atoms with Gasteiger partial charge in [-0.05, 0) is 30.6 Å². The van der Waals surface area contributed by atoms with Gasteiger partial charge in [0.1, 0.15) is 0 Å². The standard InChI is InChI=1S/C15H16N4OS2/c1-21-7-6-12(17)14(20)19-15-18-13(9-22-15)11-4-2-10(8-16)3-5-11/h2-5,9,12H,6-7,17H2,1H3,(H,18,19,20)/t12-/m0/s1. The lowest BCUT2D eigenvalue weighted by atomic mass is 10.1. The molecule has 0 aliphatic heterocycles. The first kappa shape index (κ1) is 16.5. The molecule has 1 aromatic heterocycles. The molecule has 0 saturated carbocycles. The van der Waals surface area contributed by atoms with Crippen molar-refractivity contribution in [3.63, 3.8) is 0 Å². The number of nitrogens with zero attached hydrogens (tertiary/aromatic N) is 2. The second kappa shape index (κ2) is 7.94. The number of benzene rings is 1. The summed E-state index contributed by atoms with van der Waals surface area (Å²) in [4.78, 5) is 16.3. The molecule has 7 heteroatoms. The van der Waals surface area contributed by atoms with E-state index in [-0.39, 0.29) is 5.91 Å². The van der Waals surface area contributed by atoms with Crippen LogP contribution < -0.4 is 11.1 Å². The summed E-state index contributed by atoms with van der Waals surface area (Å²) in [7, 11) is 0. The van der Waals surface area contributed by atoms with Crippen LogP contribution >= 0.6 is 23.1 Å². The number of thiazole rings is 1. The van der Waals surface area contributed by atoms with Crippen LogP contribution in [0.15, 0.2) is 29.6 Å². The number of amides is 1. The number of carbonyl (C=O) groups is 1. The molecule has 2 rings (SSSR count). The van der Waals surface area contributed by atoms with E-state index in [2.05, 4.69) is 16.4 Å². The van der Waals surface area contributed by atoms with E-state index < -0.39 is 6.04 Å². The molecule has 5 nitrogen and oxygen atoms in total. The van der Waals surface area contributed by atoms with Crippen LogP contribution in [0.3, 0.4) is 0 Å². The zero-order valence-corrected chi connectivity index (χ0v) is 13.7. The highest BCUT2D eigenvalue weighted by Gasteiger charge is 2.15. The van der Waals surface area contributed by atoms with Crippen LogP contribution in [0.1, 0.15) is 12.0 Å². The van der Waals surface area contributed by atoms with E-state index in [0.717, 1.165) is 17.0 Å². The van der Waals surface area contributed by atoms with Crippen molar-refractivity contribution in [3.8, 4) is 17.3 Å². The molecular formula is C15H16N4OS2. The number of nitrogens with one attached hydrogen (secondary N) is 1. The van der Waals surface area contributed by atoms with Gasteiger partial charge in [0.05, 0.1) is 23.4 Å². The second-order valence-electron chi connectivity index (χ2n) is 4.60. The van der Waals surface area contributed by atoms with E-state index in [1.165, 1.54) is 11.3 Å². The molecule has 1 atom stereocenters. The van der Waals surface area contributed by atoms with Crippen molar-refractivity contribution < 1.29 is 4.79 Å². The average Bonchev–Trinajstić information content (AvgIpc) is 3.01. The first-order valence-corrected chi connectivity index (χ1v) is 8.93. The molecular weight excluding hydrogens is 316 g/mol. The van der Waals surface area contributed by atoms with Gasteiger partial charge in [-0.25, -0.2) is 4.98 Å². The highest BCUT2D eigenvalue weighted by atomic mass is 32.2. The number of anilines is 1. The maximum Gasteiger partial charge on any atom is 0.243 e. The zero-order chi connectivity index (χ0) is 15.9. The lowest BCUT2D eigenvalue weighted by molar-refractivity contribution is -0.117. The topological polar surface area (TPSA) is 91.8 Å². The monoisotopic (exact) mass is 332 g/mol. The Hall–Kier alpha value is -1.88. The molecule has 1 aromatic carbocycles. The van der Waals surface area contributed by atoms with Gasteiger partial charge in [-0.15, -0.1) is 11.3 Å². The lowest BCUT2D eigenvalue weighted by Crippen LogP contribution is -2.36. The van der Waals surface area contributed by atoms with Crippen LogP contribution in [0.4, 0.5) is 5.13 Å². The fourth-order valence-electron chi connectivity index (χ4n) is 1.75. The predicted octanol–water partition coefficient (Wildman–Crippen LogP) is 2.70. The maximum atomic E-state index is 11.9. The second-order valence-corrected chi connectivity index (χ2v) is 6.45. The summed E-state index contributed by atoms with van der Waals surface area (Å²) in [6.45, 7) is 0. The van der Waals surface area contributed by atoms with Gasteiger partial charge < -0.3 is 11.1 Å². The highest BCUT2D eigenvalue weighted by molar-refractivity contribution is 7.98. The van der Waals surface area contributed by atoms with E-state index >= 15 is 0 Å². The van der Waals surface area contributed by atoms with Gasteiger partial charge in [-0.1, -0.05) is 12.1 Å². The van der Waals surface area contributed by atoms with E-state index in [9.17, 15) is 4.79 Å². The van der Waals surface area contributed by atoms with Gasteiger partial charge in [-0.2, -0.15) is 17.0 Å². The highest BCUT2D eigenvalue weighted by Crippen LogP contribution is 2.25. The fraction of sp³-hybridized carbons (Fsp3) is 0.267. The van der Waals surface area contributed by atoms with Crippen molar-refractivity contribution in [2.24, 2.45) is 5.73 Å². The van der Waals surface area contributed by atoms with Gasteiger partial charge in [0.2, 0.25) is 5.91 Å². The molecule has 1 amide bonds. The Bertz CT molecular complexity index is 676. The van der Waals surface area contributed by atoms with Crippen molar-refractivity contribution in [2.75, 3.05) is 17.3 Å². The van der Waals surface area contributed by atoms with Gasteiger partial charge in [0.15, 0.2) is 5.13 Å². The third-order valence-electron chi connectivity index (χ3n) is 3.01. The molecule has 0 bridgehead atoms. The number of carbonyl (C=O) groups excluding carboxylic acids is 1. The zero-order valence-electron chi connectivity index (χ0n) is 12.1. The number of nitrogens with two attached hydrogens (primary N) is 1. The van der Waals surface area contributed by atoms with Crippen LogP contribution in [-0.4, -0.2) is 28.9 Å². The first-order chi connectivity index (χ1) is 10.6. The Balaban J connectivity index is 2.02. The number of aromatic nitrogens is 1. The fourth-order valence-corrected chi connectivity index (χ4v) is 2.97. The van der Waals surface area contributed by atoms with Crippen molar-refractivity contribution in [1.82, 2.24) is 4.98 Å². The van der Waals surface area contributed by atoms with Gasteiger partial charge in [0, 0.05) is 10.9 Å². The summed E-state index contributed by atoms with van der Waals surface area (Å²) in [5, 5.41) is 13.9. The molecule has 3 N–H and O–H groups in total. The molecule has 22 heavy (non-hydrogen) atoms. The van der Waals surface area contributed by atoms with Crippen molar-refractivity contribution in [2.45, 2.75) is 12.5 Å². The first-order valence-electron chi connectivity index (χ1n) is 6.65. The van der Waals surface area contributed by atoms with E-state index in [1.54, 1.807) is 23.9 Å². The largest absolute Gasteiger partial charge is 0.320 e. The number of thioether (sulfide) groups is 1. The molecule has 0 aliphatic rings. The molecule has 0 unspecified atom stereocenters. The third-order valence-corrected chi connectivity index (χ3v) is 4.42. The molecule has 0 fully saturated rings. The lowest BCUT2D eigenvalue weighted by Gasteiger charge is -2.09. The molecule has 1 heterocycles. The Morgan fingerprint density at radius 1 is 1.50 bits per heavy atom. The van der Waals surface area contributed by atoms with Gasteiger partial charge >= 0.3 is 0 Å². The molecule has 114 valence electrons. The Morgan fingerprint density at radius 2 is 2.23 bits per heavy atom. The SMILES string of the molecule is CSCC[C@H](N)C(=O)Nc1nc(-c2ccc(C#N)cc2)cs1. The molecule has 0 aliphatic carbocycles. The maximum absolute atomic E-state index is 11.9. The number of hydrogen-bond acceptors (Lipinski definition) is 6. The van der Waals surface area contributed by atoms with Crippen LogP contribution in [0.5, 0.6) is 0 Å². The predicted molar refractivity (Wildman–Crippen MR) is 91.9 cm³/mol. The summed E-state index contributed by atoms with van der Waals surface area (Å²) >= 11 is 3.02. The summed E-state index contributed by atoms with van der Waals surface area (Å²) < 4.78 is 0. The van der Waals surface area contributed by atoms with Gasteiger partial charge in [0.25, 0.3) is 0 Å². The quantitative estimate of drug-likeness (QED) is 0.848. The summed E-state index contributed by atoms with van der Waals surface area (Å²) in [5.41, 5.74) is 8.10. The normalized spacial score (nSPS) is 11.7. The molecule has 0 spiro atoms. The van der Waals surface area contributed by atoms with E-state index in [0.29, 0.717) is 17.1 Å². The van der Waals surface area contributed by atoms with Gasteiger partial charge in [-0.3, -0.25) is 4.79 Å². The van der Waals surface area contributed by atoms with E-state index in [1.807, 2.05) is 23.8 Å². The molecule has 0 saturated heterocycles. The van der Waals surface area contributed by atoms with Crippen molar-refractivity contribution in [3.05, 3.63) is 35.2 Å². The van der Waals surface area contributed by atoms with Crippen LogP contribution in [0.25, 0.3) is 11.3 Å². The Kier molecular flexibility index (Phi) is 5.95. The minimum Gasteiger partial charge on any atom is -0.320 e. The molecule has 2 aromatic rings. The Labute approximate surface area is 137 Å². The minimum absolute atomic E-state index is 0.213. The van der Waals surface area contributed by atoms with E-state index in [4.69, 9.17) is 11.0 Å². The number of nitriles is 1. The average molecular weight is 332 g/mol. The summed E-state index contributed by atoms with van der Waals surface area (Å²) in [5.74, 6) is 0.637. The van der Waals surface area contributed by atoms with Crippen LogP contribution in [0, 0.1) is 11.3 Å². The Morgan fingerprint density at radius 3 is 2.86 bits per heavy atom. The van der Waals surface area contributed by atoms with Crippen LogP contribution in [0.2, 0.25) is 0 Å². The number of hydrogen-bond donors (Lipinski definition) is 2. The number of rotatable bonds is 6. The van der Waals surface area contributed by atoms with Crippen molar-refractivity contribution >= 4 is 34.1 Å².